The molecule has 1 N–H and O–H groups in total. The fourth-order valence-corrected chi connectivity index (χ4v) is 4.92. The van der Waals surface area contributed by atoms with Gasteiger partial charge in [0.1, 0.15) is 0 Å². The Morgan fingerprint density at radius 1 is 1.38 bits per heavy atom. The molecule has 1 aromatic carbocycles. The predicted octanol–water partition coefficient (Wildman–Crippen LogP) is 2.18. The quantitative estimate of drug-likeness (QED) is 0.786. The zero-order chi connectivity index (χ0) is 18.7. The number of nitrogens with zero attached hydrogens (tertiary/aromatic N) is 3. The van der Waals surface area contributed by atoms with Crippen molar-refractivity contribution in [1.82, 2.24) is 13.9 Å². The lowest BCUT2D eigenvalue weighted by Crippen LogP contribution is -2.43. The van der Waals surface area contributed by atoms with Gasteiger partial charge in [0.25, 0.3) is 10.0 Å². The number of hydrogen-bond donors (Lipinski definition) is 1. The first-order chi connectivity index (χ1) is 12.4. The van der Waals surface area contributed by atoms with E-state index in [2.05, 4.69) is 10.3 Å². The number of anilines is 1. The lowest BCUT2D eigenvalue weighted by Gasteiger charge is -2.30. The number of aryl methyl sites for hydroxylation is 1. The highest BCUT2D eigenvalue weighted by atomic mass is 32.2. The Hall–Kier alpha value is -1.84. The molecular weight excluding hydrogens is 372 g/mol. The molecule has 0 aliphatic carbocycles. The lowest BCUT2D eigenvalue weighted by molar-refractivity contribution is -0.120. The minimum absolute atomic E-state index is 0.0220. The molecule has 140 valence electrons. The summed E-state index contributed by atoms with van der Waals surface area (Å²) in [6.07, 6.45) is 6.23. The zero-order valence-electron chi connectivity index (χ0n) is 14.8. The van der Waals surface area contributed by atoms with E-state index in [4.69, 9.17) is 0 Å². The van der Waals surface area contributed by atoms with Crippen LogP contribution in [0.5, 0.6) is 0 Å². The van der Waals surface area contributed by atoms with Crippen LogP contribution in [-0.4, -0.2) is 47.5 Å². The number of hydrogen-bond acceptors (Lipinski definition) is 5. The molecule has 0 saturated carbocycles. The van der Waals surface area contributed by atoms with Crippen molar-refractivity contribution in [3.05, 3.63) is 36.8 Å². The van der Waals surface area contributed by atoms with Crippen LogP contribution in [0, 0.1) is 5.92 Å². The summed E-state index contributed by atoms with van der Waals surface area (Å²) in [5, 5.41) is 2.93. The normalized spacial score (nSPS) is 18.6. The van der Waals surface area contributed by atoms with E-state index >= 15 is 0 Å². The molecule has 2 aromatic rings. The van der Waals surface area contributed by atoms with Crippen LogP contribution in [0.2, 0.25) is 0 Å². The Morgan fingerprint density at radius 3 is 2.88 bits per heavy atom. The number of imidazole rings is 1. The number of carbonyl (C=O) groups is 1. The average Bonchev–Trinajstić information content (AvgIpc) is 3.09. The third-order valence-electron chi connectivity index (χ3n) is 4.38. The summed E-state index contributed by atoms with van der Waals surface area (Å²) in [4.78, 5) is 17.6. The fourth-order valence-electron chi connectivity index (χ4n) is 2.97. The third kappa shape index (κ3) is 4.11. The van der Waals surface area contributed by atoms with E-state index in [1.54, 1.807) is 23.4 Å². The van der Waals surface area contributed by atoms with Crippen molar-refractivity contribution in [1.29, 1.82) is 0 Å². The molecule has 1 amide bonds. The van der Waals surface area contributed by atoms with Gasteiger partial charge < -0.3 is 9.88 Å². The molecule has 0 spiro atoms. The van der Waals surface area contributed by atoms with Crippen molar-refractivity contribution in [2.24, 2.45) is 13.0 Å². The van der Waals surface area contributed by atoms with Crippen molar-refractivity contribution < 1.29 is 13.2 Å². The van der Waals surface area contributed by atoms with Gasteiger partial charge >= 0.3 is 0 Å². The number of amides is 1. The first kappa shape index (κ1) is 18.9. The van der Waals surface area contributed by atoms with Crippen LogP contribution in [0.1, 0.15) is 12.8 Å². The zero-order valence-corrected chi connectivity index (χ0v) is 16.4. The number of sulfonamides is 1. The van der Waals surface area contributed by atoms with E-state index in [1.807, 2.05) is 30.5 Å². The van der Waals surface area contributed by atoms with Crippen molar-refractivity contribution >= 4 is 33.4 Å². The highest BCUT2D eigenvalue weighted by molar-refractivity contribution is 7.98. The van der Waals surface area contributed by atoms with E-state index in [9.17, 15) is 13.2 Å². The highest BCUT2D eigenvalue weighted by Gasteiger charge is 2.34. The summed E-state index contributed by atoms with van der Waals surface area (Å²) < 4.78 is 28.4. The summed E-state index contributed by atoms with van der Waals surface area (Å²) in [5.74, 6) is -0.524. The van der Waals surface area contributed by atoms with E-state index in [0.29, 0.717) is 19.4 Å². The summed E-state index contributed by atoms with van der Waals surface area (Å²) in [6.45, 7) is 0.581. The predicted molar refractivity (Wildman–Crippen MR) is 102 cm³/mol. The van der Waals surface area contributed by atoms with E-state index in [1.165, 1.54) is 16.8 Å². The van der Waals surface area contributed by atoms with Crippen molar-refractivity contribution in [3.63, 3.8) is 0 Å². The second kappa shape index (κ2) is 7.81. The third-order valence-corrected chi connectivity index (χ3v) is 6.85. The monoisotopic (exact) mass is 394 g/mol. The van der Waals surface area contributed by atoms with Gasteiger partial charge in [0.05, 0.1) is 12.2 Å². The number of nitrogens with one attached hydrogen (secondary N) is 1. The van der Waals surface area contributed by atoms with Crippen molar-refractivity contribution in [3.8, 4) is 0 Å². The standard InChI is InChI=1S/C17H22N4O3S2/c1-20-11-16(18-12-20)26(23,24)21-8-4-5-13(10-21)17(22)19-14-6-3-7-15(9-14)25-2/h3,6-7,9,11-13H,4-5,8,10H2,1-2H3,(H,19,22)/t13-/m0/s1. The molecule has 7 nitrogen and oxygen atoms in total. The lowest BCUT2D eigenvalue weighted by atomic mass is 9.99. The van der Waals surface area contributed by atoms with Crippen molar-refractivity contribution in [2.75, 3.05) is 24.7 Å². The van der Waals surface area contributed by atoms with Crippen LogP contribution in [0.25, 0.3) is 0 Å². The van der Waals surface area contributed by atoms with E-state index in [0.717, 1.165) is 10.6 Å². The topological polar surface area (TPSA) is 84.3 Å². The maximum Gasteiger partial charge on any atom is 0.262 e. The average molecular weight is 395 g/mol. The Labute approximate surface area is 157 Å². The van der Waals surface area contributed by atoms with Gasteiger partial charge in [0, 0.05) is 36.9 Å². The van der Waals surface area contributed by atoms with E-state index in [-0.39, 0.29) is 23.4 Å². The maximum absolute atomic E-state index is 12.7. The highest BCUT2D eigenvalue weighted by Crippen LogP contribution is 2.25. The molecule has 0 bridgehead atoms. The fraction of sp³-hybridized carbons (Fsp3) is 0.412. The Morgan fingerprint density at radius 2 is 2.19 bits per heavy atom. The summed E-state index contributed by atoms with van der Waals surface area (Å²) in [6, 6.07) is 7.61. The smallest absolute Gasteiger partial charge is 0.262 e. The molecule has 0 unspecified atom stereocenters. The van der Waals surface area contributed by atoms with E-state index < -0.39 is 10.0 Å². The SMILES string of the molecule is CSc1cccc(NC(=O)[C@H]2CCCN(S(=O)(=O)c3cn(C)cn3)C2)c1. The van der Waals surface area contributed by atoms with Crippen LogP contribution in [0.3, 0.4) is 0 Å². The largest absolute Gasteiger partial charge is 0.339 e. The van der Waals surface area contributed by atoms with Crippen LogP contribution < -0.4 is 5.32 Å². The van der Waals surface area contributed by atoms with Gasteiger partial charge in [-0.15, -0.1) is 11.8 Å². The summed E-state index contributed by atoms with van der Waals surface area (Å²) >= 11 is 1.60. The second-order valence-corrected chi connectivity index (χ2v) is 9.07. The Bertz CT molecular complexity index is 895. The van der Waals surface area contributed by atoms with Gasteiger partial charge in [0.15, 0.2) is 5.03 Å². The summed E-state index contributed by atoms with van der Waals surface area (Å²) in [7, 11) is -1.95. The molecule has 3 rings (SSSR count). The van der Waals surface area contributed by atoms with Crippen LogP contribution >= 0.6 is 11.8 Å². The van der Waals surface area contributed by atoms with Crippen molar-refractivity contribution in [2.45, 2.75) is 22.8 Å². The summed E-state index contributed by atoms with van der Waals surface area (Å²) in [5.41, 5.74) is 0.728. The molecule has 1 aliphatic heterocycles. The maximum atomic E-state index is 12.7. The number of benzene rings is 1. The molecule has 1 fully saturated rings. The molecule has 1 aliphatic rings. The Kier molecular flexibility index (Phi) is 5.69. The van der Waals surface area contributed by atoms with Crippen LogP contribution in [-0.2, 0) is 21.9 Å². The van der Waals surface area contributed by atoms with Gasteiger partial charge in [-0.3, -0.25) is 4.79 Å². The molecular formula is C17H22N4O3S2. The molecule has 1 saturated heterocycles. The molecule has 9 heteroatoms. The number of piperidine rings is 1. The van der Waals surface area contributed by atoms with Gasteiger partial charge in [-0.05, 0) is 37.3 Å². The number of carbonyl (C=O) groups excluding carboxylic acids is 1. The van der Waals surface area contributed by atoms with Gasteiger partial charge in [-0.1, -0.05) is 6.07 Å². The van der Waals surface area contributed by atoms with Gasteiger partial charge in [-0.2, -0.15) is 4.31 Å². The molecule has 1 aromatic heterocycles. The molecule has 2 heterocycles. The molecule has 0 radical (unpaired) electrons. The number of rotatable bonds is 5. The second-order valence-electron chi connectivity index (χ2n) is 6.30. The number of aromatic nitrogens is 2. The first-order valence-electron chi connectivity index (χ1n) is 8.33. The Balaban J connectivity index is 1.70. The van der Waals surface area contributed by atoms with Crippen LogP contribution in [0.15, 0.2) is 46.7 Å². The van der Waals surface area contributed by atoms with Gasteiger partial charge in [0.2, 0.25) is 5.91 Å². The molecule has 26 heavy (non-hydrogen) atoms. The minimum atomic E-state index is -3.67. The van der Waals surface area contributed by atoms with Crippen LogP contribution in [0.4, 0.5) is 5.69 Å². The molecule has 1 atom stereocenters. The first-order valence-corrected chi connectivity index (χ1v) is 11.0. The number of thioether (sulfide) groups is 1. The minimum Gasteiger partial charge on any atom is -0.339 e. The van der Waals surface area contributed by atoms with Gasteiger partial charge in [-0.25, -0.2) is 13.4 Å².